The zero-order valence-electron chi connectivity index (χ0n) is 9.32. The van der Waals surface area contributed by atoms with Crippen molar-refractivity contribution in [2.45, 2.75) is 37.2 Å². The van der Waals surface area contributed by atoms with E-state index in [0.717, 1.165) is 31.6 Å². The Labute approximate surface area is 94.9 Å². The maximum atomic E-state index is 11.8. The fourth-order valence-corrected chi connectivity index (χ4v) is 4.24. The van der Waals surface area contributed by atoms with Gasteiger partial charge < -0.3 is 9.47 Å². The summed E-state index contributed by atoms with van der Waals surface area (Å²) in [5.74, 6) is 1.12. The van der Waals surface area contributed by atoms with Crippen LogP contribution >= 0.6 is 11.8 Å². The third kappa shape index (κ3) is 1.95. The predicted octanol–water partition coefficient (Wildman–Crippen LogP) is 1.85. The van der Waals surface area contributed by atoms with Gasteiger partial charge in [0.1, 0.15) is 10.7 Å². The molecule has 2 rings (SSSR count). The van der Waals surface area contributed by atoms with Crippen LogP contribution in [0.5, 0.6) is 0 Å². The van der Waals surface area contributed by atoms with Gasteiger partial charge in [0, 0.05) is 12.9 Å². The van der Waals surface area contributed by atoms with Gasteiger partial charge in [-0.2, -0.15) is 0 Å². The molecule has 15 heavy (non-hydrogen) atoms. The molecule has 1 spiro atoms. The van der Waals surface area contributed by atoms with Gasteiger partial charge in [0.15, 0.2) is 0 Å². The van der Waals surface area contributed by atoms with Crippen LogP contribution in [-0.2, 0) is 14.3 Å². The largest absolute Gasteiger partial charge is 0.381 e. The molecule has 1 saturated heterocycles. The van der Waals surface area contributed by atoms with Gasteiger partial charge in [0.2, 0.25) is 0 Å². The number of Topliss-reactive ketones (excluding diaryl/α,β-unsaturated/α-hetero) is 1. The summed E-state index contributed by atoms with van der Waals surface area (Å²) in [6, 6.07) is 0. The van der Waals surface area contributed by atoms with Crippen LogP contribution in [0.1, 0.15) is 26.2 Å². The Morgan fingerprint density at radius 3 is 2.93 bits per heavy atom. The smallest absolute Gasteiger partial charge is 0.139 e. The van der Waals surface area contributed by atoms with E-state index in [4.69, 9.17) is 9.47 Å². The van der Waals surface area contributed by atoms with Gasteiger partial charge in [0.05, 0.1) is 18.6 Å². The highest BCUT2D eigenvalue weighted by Crippen LogP contribution is 2.49. The molecule has 1 aliphatic heterocycles. The molecule has 3 nitrogen and oxygen atoms in total. The highest BCUT2D eigenvalue weighted by molar-refractivity contribution is 8.00. The molecule has 3 unspecified atom stereocenters. The number of ether oxygens (including phenoxy) is 2. The monoisotopic (exact) mass is 230 g/mol. The van der Waals surface area contributed by atoms with Crippen LogP contribution in [0.25, 0.3) is 0 Å². The number of thioether (sulfide) groups is 1. The SMILES string of the molecule is COC1CCCC2(OCCS2)C1C(C)=O. The Bertz CT molecular complexity index is 248. The van der Waals surface area contributed by atoms with E-state index in [9.17, 15) is 4.79 Å². The standard InChI is InChI=1S/C11H18O3S/c1-8(12)10-9(13-2)4-3-5-11(10)14-6-7-15-11/h9-10H,3-7H2,1-2H3. The first kappa shape index (κ1) is 11.4. The average molecular weight is 230 g/mol. The van der Waals surface area contributed by atoms with Crippen LogP contribution in [0.4, 0.5) is 0 Å². The molecule has 0 amide bonds. The van der Waals surface area contributed by atoms with Gasteiger partial charge in [-0.1, -0.05) is 0 Å². The number of hydrogen-bond donors (Lipinski definition) is 0. The maximum Gasteiger partial charge on any atom is 0.139 e. The number of carbonyl (C=O) groups is 1. The quantitative estimate of drug-likeness (QED) is 0.725. The van der Waals surface area contributed by atoms with E-state index in [0.29, 0.717) is 0 Å². The molecule has 2 aliphatic rings. The van der Waals surface area contributed by atoms with Crippen molar-refractivity contribution in [3.63, 3.8) is 0 Å². The van der Waals surface area contributed by atoms with E-state index in [-0.39, 0.29) is 22.7 Å². The molecule has 0 aromatic rings. The lowest BCUT2D eigenvalue weighted by Crippen LogP contribution is -2.49. The fourth-order valence-electron chi connectivity index (χ4n) is 2.77. The van der Waals surface area contributed by atoms with Gasteiger partial charge >= 0.3 is 0 Å². The van der Waals surface area contributed by atoms with E-state index in [1.165, 1.54) is 0 Å². The number of methoxy groups -OCH3 is 1. The van der Waals surface area contributed by atoms with Crippen LogP contribution < -0.4 is 0 Å². The summed E-state index contributed by atoms with van der Waals surface area (Å²) in [5, 5.41) is 0. The van der Waals surface area contributed by atoms with Crippen molar-refractivity contribution in [1.82, 2.24) is 0 Å². The molecule has 0 aromatic heterocycles. The van der Waals surface area contributed by atoms with Crippen molar-refractivity contribution in [1.29, 1.82) is 0 Å². The molecule has 86 valence electrons. The first-order valence-corrected chi connectivity index (χ1v) is 6.49. The molecule has 1 aliphatic carbocycles. The van der Waals surface area contributed by atoms with Crippen molar-refractivity contribution in [3.8, 4) is 0 Å². The van der Waals surface area contributed by atoms with Crippen molar-refractivity contribution in [2.24, 2.45) is 5.92 Å². The Hall–Kier alpha value is -0.0600. The summed E-state index contributed by atoms with van der Waals surface area (Å²) in [6.45, 7) is 2.43. The van der Waals surface area contributed by atoms with Crippen LogP contribution in [0.2, 0.25) is 0 Å². The third-order valence-corrected chi connectivity index (χ3v) is 4.81. The van der Waals surface area contributed by atoms with E-state index in [1.54, 1.807) is 25.8 Å². The number of hydrogen-bond acceptors (Lipinski definition) is 4. The minimum atomic E-state index is -0.273. The van der Waals surface area contributed by atoms with Gasteiger partial charge in [0.25, 0.3) is 0 Å². The second-order valence-electron chi connectivity index (χ2n) is 4.26. The van der Waals surface area contributed by atoms with E-state index in [2.05, 4.69) is 0 Å². The Kier molecular flexibility index (Phi) is 3.38. The predicted molar refractivity (Wildman–Crippen MR) is 60.0 cm³/mol. The zero-order chi connectivity index (χ0) is 10.9. The van der Waals surface area contributed by atoms with Gasteiger partial charge in [-0.15, -0.1) is 11.8 Å². The zero-order valence-corrected chi connectivity index (χ0v) is 10.1. The Morgan fingerprint density at radius 1 is 1.60 bits per heavy atom. The van der Waals surface area contributed by atoms with Crippen molar-refractivity contribution in [2.75, 3.05) is 19.5 Å². The number of ketones is 1. The Balaban J connectivity index is 2.23. The summed E-state index contributed by atoms with van der Waals surface area (Å²) in [4.78, 5) is 11.5. The molecule has 3 atom stereocenters. The fraction of sp³-hybridized carbons (Fsp3) is 0.909. The van der Waals surface area contributed by atoms with Gasteiger partial charge in [-0.3, -0.25) is 4.79 Å². The van der Waals surface area contributed by atoms with Crippen molar-refractivity contribution >= 4 is 17.5 Å². The van der Waals surface area contributed by atoms with Crippen LogP contribution in [0, 0.1) is 5.92 Å². The molecule has 4 heteroatoms. The summed E-state index contributed by atoms with van der Waals surface area (Å²) in [5.41, 5.74) is 0. The van der Waals surface area contributed by atoms with E-state index >= 15 is 0 Å². The normalized spacial score (nSPS) is 40.9. The highest BCUT2D eigenvalue weighted by Gasteiger charge is 2.51. The molecule has 0 aromatic carbocycles. The highest BCUT2D eigenvalue weighted by atomic mass is 32.2. The summed E-state index contributed by atoms with van der Waals surface area (Å²) < 4.78 is 11.3. The van der Waals surface area contributed by atoms with Gasteiger partial charge in [-0.05, 0) is 26.2 Å². The molecular weight excluding hydrogens is 212 g/mol. The van der Waals surface area contributed by atoms with Crippen LogP contribution in [0.15, 0.2) is 0 Å². The second kappa shape index (κ2) is 4.44. The maximum absolute atomic E-state index is 11.8. The molecule has 0 radical (unpaired) electrons. The molecular formula is C11H18O3S. The number of rotatable bonds is 2. The molecule has 0 bridgehead atoms. The van der Waals surface area contributed by atoms with E-state index < -0.39 is 0 Å². The van der Waals surface area contributed by atoms with Crippen LogP contribution in [-0.4, -0.2) is 36.3 Å². The van der Waals surface area contributed by atoms with Crippen molar-refractivity contribution in [3.05, 3.63) is 0 Å². The van der Waals surface area contributed by atoms with Gasteiger partial charge in [-0.25, -0.2) is 0 Å². The summed E-state index contributed by atoms with van der Waals surface area (Å²) in [6.07, 6.45) is 3.10. The minimum absolute atomic E-state index is 0.0434. The number of carbonyl (C=O) groups excluding carboxylic acids is 1. The lowest BCUT2D eigenvalue weighted by molar-refractivity contribution is -0.141. The first-order valence-electron chi connectivity index (χ1n) is 5.51. The average Bonchev–Trinajstić information content (AvgIpc) is 2.66. The molecule has 1 heterocycles. The summed E-state index contributed by atoms with van der Waals surface area (Å²) in [7, 11) is 1.69. The molecule has 1 saturated carbocycles. The third-order valence-electron chi connectivity index (χ3n) is 3.38. The molecule has 0 N–H and O–H groups in total. The second-order valence-corrected chi connectivity index (χ2v) is 5.65. The topological polar surface area (TPSA) is 35.5 Å². The molecule has 2 fully saturated rings. The lowest BCUT2D eigenvalue weighted by atomic mass is 9.80. The summed E-state index contributed by atoms with van der Waals surface area (Å²) >= 11 is 1.80. The van der Waals surface area contributed by atoms with E-state index in [1.807, 2.05) is 0 Å². The lowest BCUT2D eigenvalue weighted by Gasteiger charge is -2.42. The van der Waals surface area contributed by atoms with Crippen molar-refractivity contribution < 1.29 is 14.3 Å². The van der Waals surface area contributed by atoms with Crippen LogP contribution in [0.3, 0.4) is 0 Å². The first-order chi connectivity index (χ1) is 7.19. The minimum Gasteiger partial charge on any atom is -0.381 e. The Morgan fingerprint density at radius 2 is 2.40 bits per heavy atom.